The van der Waals surface area contributed by atoms with Gasteiger partial charge in [0.1, 0.15) is 0 Å². The molecule has 0 aromatic carbocycles. The smallest absolute Gasteiger partial charge is 0.228 e. The van der Waals surface area contributed by atoms with E-state index in [9.17, 15) is 4.79 Å². The topological polar surface area (TPSA) is 32.3 Å². The molecule has 3 nitrogen and oxygen atoms in total. The summed E-state index contributed by atoms with van der Waals surface area (Å²) in [5, 5.41) is 3.50. The second-order valence-corrected chi connectivity index (χ2v) is 5.81. The first-order chi connectivity index (χ1) is 7.00. The van der Waals surface area contributed by atoms with Crippen LogP contribution in [0.2, 0.25) is 0 Å². The standard InChI is InChI=1S/C12H22N2O/c1-12(2,3)11(15)14-8-4-5-9-10(14)6-7-13-9/h9-10,13H,4-8H2,1-3H3. The molecule has 2 fully saturated rings. The van der Waals surface area contributed by atoms with Crippen molar-refractivity contribution < 1.29 is 4.79 Å². The third kappa shape index (κ3) is 2.03. The van der Waals surface area contributed by atoms with Crippen LogP contribution in [-0.2, 0) is 4.79 Å². The molecule has 2 saturated heterocycles. The monoisotopic (exact) mass is 210 g/mol. The molecule has 2 heterocycles. The molecule has 2 atom stereocenters. The fourth-order valence-corrected chi connectivity index (χ4v) is 2.75. The summed E-state index contributed by atoms with van der Waals surface area (Å²) >= 11 is 0. The molecule has 0 radical (unpaired) electrons. The first kappa shape index (κ1) is 10.9. The molecule has 15 heavy (non-hydrogen) atoms. The van der Waals surface area contributed by atoms with Gasteiger partial charge in [0.05, 0.1) is 0 Å². The van der Waals surface area contributed by atoms with Gasteiger partial charge in [-0.05, 0) is 25.8 Å². The minimum absolute atomic E-state index is 0.232. The molecule has 1 N–H and O–H groups in total. The van der Waals surface area contributed by atoms with E-state index in [-0.39, 0.29) is 5.41 Å². The summed E-state index contributed by atoms with van der Waals surface area (Å²) in [7, 11) is 0. The number of carbonyl (C=O) groups excluding carboxylic acids is 1. The highest BCUT2D eigenvalue weighted by Crippen LogP contribution is 2.28. The van der Waals surface area contributed by atoms with E-state index < -0.39 is 0 Å². The van der Waals surface area contributed by atoms with Crippen LogP contribution >= 0.6 is 0 Å². The largest absolute Gasteiger partial charge is 0.338 e. The molecule has 3 heteroatoms. The van der Waals surface area contributed by atoms with Crippen molar-refractivity contribution in [2.45, 2.75) is 52.1 Å². The van der Waals surface area contributed by atoms with Gasteiger partial charge in [-0.3, -0.25) is 4.79 Å². The van der Waals surface area contributed by atoms with Crippen LogP contribution in [0, 0.1) is 5.41 Å². The Hall–Kier alpha value is -0.570. The van der Waals surface area contributed by atoms with Crippen molar-refractivity contribution in [3.63, 3.8) is 0 Å². The molecule has 0 bridgehead atoms. The zero-order chi connectivity index (χ0) is 11.1. The zero-order valence-electron chi connectivity index (χ0n) is 10.0. The molecule has 2 aliphatic rings. The van der Waals surface area contributed by atoms with Crippen LogP contribution in [0.25, 0.3) is 0 Å². The van der Waals surface area contributed by atoms with Gasteiger partial charge in [0.25, 0.3) is 0 Å². The van der Waals surface area contributed by atoms with E-state index in [2.05, 4.69) is 10.2 Å². The van der Waals surface area contributed by atoms with Crippen molar-refractivity contribution >= 4 is 5.91 Å². The van der Waals surface area contributed by atoms with Crippen LogP contribution in [0.4, 0.5) is 0 Å². The van der Waals surface area contributed by atoms with Gasteiger partial charge in [-0.1, -0.05) is 20.8 Å². The van der Waals surface area contributed by atoms with Gasteiger partial charge < -0.3 is 10.2 Å². The zero-order valence-corrected chi connectivity index (χ0v) is 10.0. The molecule has 0 aromatic heterocycles. The summed E-state index contributed by atoms with van der Waals surface area (Å²) in [5.41, 5.74) is -0.232. The lowest BCUT2D eigenvalue weighted by atomic mass is 9.90. The molecule has 2 unspecified atom stereocenters. The predicted octanol–water partition coefficient (Wildman–Crippen LogP) is 1.39. The molecule has 0 saturated carbocycles. The van der Waals surface area contributed by atoms with Gasteiger partial charge in [-0.2, -0.15) is 0 Å². The quantitative estimate of drug-likeness (QED) is 0.655. The Morgan fingerprint density at radius 1 is 1.33 bits per heavy atom. The minimum Gasteiger partial charge on any atom is -0.338 e. The van der Waals surface area contributed by atoms with Crippen molar-refractivity contribution in [1.29, 1.82) is 0 Å². The fraction of sp³-hybridized carbons (Fsp3) is 0.917. The Balaban J connectivity index is 2.11. The van der Waals surface area contributed by atoms with Gasteiger partial charge in [0, 0.05) is 24.0 Å². The van der Waals surface area contributed by atoms with Gasteiger partial charge in [0.2, 0.25) is 5.91 Å². The number of hydrogen-bond acceptors (Lipinski definition) is 2. The second-order valence-electron chi connectivity index (χ2n) is 5.81. The third-order valence-electron chi connectivity index (χ3n) is 3.53. The van der Waals surface area contributed by atoms with E-state index in [1.54, 1.807) is 0 Å². The summed E-state index contributed by atoms with van der Waals surface area (Å²) in [6, 6.07) is 1.02. The summed E-state index contributed by atoms with van der Waals surface area (Å²) in [4.78, 5) is 14.4. The minimum atomic E-state index is -0.232. The van der Waals surface area contributed by atoms with Crippen LogP contribution < -0.4 is 5.32 Å². The highest BCUT2D eigenvalue weighted by molar-refractivity contribution is 5.82. The summed E-state index contributed by atoms with van der Waals surface area (Å²) < 4.78 is 0. The number of nitrogens with zero attached hydrogens (tertiary/aromatic N) is 1. The number of piperidine rings is 1. The average Bonchev–Trinajstić information content (AvgIpc) is 2.62. The first-order valence-corrected chi connectivity index (χ1v) is 6.04. The normalized spacial score (nSPS) is 31.5. The molecule has 0 aliphatic carbocycles. The molecule has 86 valence electrons. The van der Waals surface area contributed by atoms with E-state index in [1.165, 1.54) is 6.42 Å². The van der Waals surface area contributed by atoms with Crippen LogP contribution in [0.3, 0.4) is 0 Å². The van der Waals surface area contributed by atoms with Crippen molar-refractivity contribution in [2.24, 2.45) is 5.41 Å². The van der Waals surface area contributed by atoms with E-state index >= 15 is 0 Å². The Kier molecular flexibility index (Phi) is 2.75. The molecular weight excluding hydrogens is 188 g/mol. The summed E-state index contributed by atoms with van der Waals surface area (Å²) in [6.07, 6.45) is 3.51. The fourth-order valence-electron chi connectivity index (χ4n) is 2.75. The summed E-state index contributed by atoms with van der Waals surface area (Å²) in [5.74, 6) is 0.320. The van der Waals surface area contributed by atoms with Crippen molar-refractivity contribution in [3.8, 4) is 0 Å². The lowest BCUT2D eigenvalue weighted by Crippen LogP contribution is -2.53. The summed E-state index contributed by atoms with van der Waals surface area (Å²) in [6.45, 7) is 8.08. The third-order valence-corrected chi connectivity index (χ3v) is 3.53. The number of fused-ring (bicyclic) bond motifs is 1. The maximum atomic E-state index is 12.3. The van der Waals surface area contributed by atoms with E-state index in [4.69, 9.17) is 0 Å². The molecule has 0 aromatic rings. The van der Waals surface area contributed by atoms with Gasteiger partial charge in [0.15, 0.2) is 0 Å². The van der Waals surface area contributed by atoms with Crippen molar-refractivity contribution in [3.05, 3.63) is 0 Å². The average molecular weight is 210 g/mol. The second kappa shape index (κ2) is 3.78. The lowest BCUT2D eigenvalue weighted by Gasteiger charge is -2.40. The Morgan fingerprint density at radius 2 is 2.07 bits per heavy atom. The number of nitrogens with one attached hydrogen (secondary N) is 1. The maximum Gasteiger partial charge on any atom is 0.228 e. The van der Waals surface area contributed by atoms with Gasteiger partial charge in [-0.25, -0.2) is 0 Å². The number of likely N-dealkylation sites (tertiary alicyclic amines) is 1. The van der Waals surface area contributed by atoms with E-state index in [0.717, 1.165) is 25.9 Å². The van der Waals surface area contributed by atoms with Crippen molar-refractivity contribution in [1.82, 2.24) is 10.2 Å². The maximum absolute atomic E-state index is 12.3. The predicted molar refractivity (Wildman–Crippen MR) is 60.6 cm³/mol. The van der Waals surface area contributed by atoms with E-state index in [0.29, 0.717) is 18.0 Å². The van der Waals surface area contributed by atoms with Crippen LogP contribution in [-0.4, -0.2) is 36.0 Å². The highest BCUT2D eigenvalue weighted by atomic mass is 16.2. The molecule has 2 rings (SSSR count). The number of amides is 1. The molecular formula is C12H22N2O. The SMILES string of the molecule is CC(C)(C)C(=O)N1CCCC2NCCC21. The van der Waals surface area contributed by atoms with Crippen LogP contribution in [0.15, 0.2) is 0 Å². The number of rotatable bonds is 0. The highest BCUT2D eigenvalue weighted by Gasteiger charge is 2.40. The van der Waals surface area contributed by atoms with Gasteiger partial charge in [-0.15, -0.1) is 0 Å². The number of carbonyl (C=O) groups is 1. The lowest BCUT2D eigenvalue weighted by molar-refractivity contribution is -0.143. The Bertz CT molecular complexity index is 257. The van der Waals surface area contributed by atoms with Crippen LogP contribution in [0.5, 0.6) is 0 Å². The first-order valence-electron chi connectivity index (χ1n) is 6.04. The van der Waals surface area contributed by atoms with E-state index in [1.807, 2.05) is 20.8 Å². The van der Waals surface area contributed by atoms with Crippen LogP contribution in [0.1, 0.15) is 40.0 Å². The Morgan fingerprint density at radius 3 is 2.73 bits per heavy atom. The van der Waals surface area contributed by atoms with Crippen molar-refractivity contribution in [2.75, 3.05) is 13.1 Å². The number of hydrogen-bond donors (Lipinski definition) is 1. The van der Waals surface area contributed by atoms with Gasteiger partial charge >= 0.3 is 0 Å². The molecule has 2 aliphatic heterocycles. The molecule has 0 spiro atoms. The Labute approximate surface area is 92.2 Å². The molecule has 1 amide bonds.